The molecule has 4 rings (SSSR count). The summed E-state index contributed by atoms with van der Waals surface area (Å²) in [6.45, 7) is 4.95. The third kappa shape index (κ3) is 3.64. The summed E-state index contributed by atoms with van der Waals surface area (Å²) >= 11 is 3.12. The molecule has 1 unspecified atom stereocenters. The molecule has 1 atom stereocenters. The van der Waals surface area contributed by atoms with Crippen molar-refractivity contribution in [1.82, 2.24) is 25.1 Å². The first-order valence-corrected chi connectivity index (χ1v) is 10.8. The van der Waals surface area contributed by atoms with Gasteiger partial charge in [0.2, 0.25) is 11.1 Å². The number of thioether (sulfide) groups is 1. The molecular weight excluding hydrogens is 378 g/mol. The zero-order chi connectivity index (χ0) is 18.8. The molecule has 0 spiro atoms. The van der Waals surface area contributed by atoms with E-state index in [1.807, 2.05) is 23.1 Å². The number of likely N-dealkylation sites (tertiary alicyclic amines) is 1. The largest absolute Gasteiger partial charge is 0.334 e. The second-order valence-corrected chi connectivity index (χ2v) is 8.56. The van der Waals surface area contributed by atoms with E-state index in [2.05, 4.69) is 46.9 Å². The van der Waals surface area contributed by atoms with E-state index in [1.54, 1.807) is 16.0 Å². The number of benzene rings is 1. The van der Waals surface area contributed by atoms with E-state index in [4.69, 9.17) is 0 Å². The highest BCUT2D eigenvalue weighted by Crippen LogP contribution is 2.35. The summed E-state index contributed by atoms with van der Waals surface area (Å²) in [7, 11) is 0. The highest BCUT2D eigenvalue weighted by molar-refractivity contribution is 7.99. The number of nitrogens with zero attached hydrogens (tertiary/aromatic N) is 5. The first-order valence-electron chi connectivity index (χ1n) is 8.96. The number of carbonyl (C=O) groups excluding carboxylic acids is 1. The van der Waals surface area contributed by atoms with E-state index in [0.29, 0.717) is 10.9 Å². The van der Waals surface area contributed by atoms with Gasteiger partial charge >= 0.3 is 0 Å². The predicted molar refractivity (Wildman–Crippen MR) is 107 cm³/mol. The molecule has 1 aromatic carbocycles. The molecule has 0 bridgehead atoms. The SMILES string of the molecule is Cc1cccc(-n2nnnc2SCC(=O)N2CCCC2c2cccs2)c1C. The van der Waals surface area contributed by atoms with Gasteiger partial charge in [-0.15, -0.1) is 16.4 Å². The molecule has 8 heteroatoms. The second-order valence-electron chi connectivity index (χ2n) is 6.64. The lowest BCUT2D eigenvalue weighted by atomic mass is 10.1. The van der Waals surface area contributed by atoms with Crippen molar-refractivity contribution >= 4 is 29.0 Å². The Balaban J connectivity index is 1.48. The Hall–Kier alpha value is -2.19. The molecule has 27 heavy (non-hydrogen) atoms. The molecule has 1 fully saturated rings. The van der Waals surface area contributed by atoms with Crippen molar-refractivity contribution in [3.05, 3.63) is 51.7 Å². The molecule has 0 N–H and O–H groups in total. The molecule has 1 saturated heterocycles. The summed E-state index contributed by atoms with van der Waals surface area (Å²) in [6.07, 6.45) is 2.09. The molecule has 3 aromatic rings. The Labute approximate surface area is 166 Å². The Morgan fingerprint density at radius 3 is 3.00 bits per heavy atom. The number of hydrogen-bond acceptors (Lipinski definition) is 6. The lowest BCUT2D eigenvalue weighted by Gasteiger charge is -2.23. The molecular formula is C19H21N5OS2. The van der Waals surface area contributed by atoms with Gasteiger partial charge in [-0.1, -0.05) is 30.0 Å². The lowest BCUT2D eigenvalue weighted by molar-refractivity contribution is -0.129. The smallest absolute Gasteiger partial charge is 0.233 e. The van der Waals surface area contributed by atoms with Crippen LogP contribution >= 0.6 is 23.1 Å². The fourth-order valence-corrected chi connectivity index (χ4v) is 5.08. The van der Waals surface area contributed by atoms with Crippen LogP contribution in [0.15, 0.2) is 40.9 Å². The van der Waals surface area contributed by atoms with E-state index in [9.17, 15) is 4.79 Å². The van der Waals surface area contributed by atoms with Gasteiger partial charge in [-0.3, -0.25) is 4.79 Å². The van der Waals surface area contributed by atoms with Gasteiger partial charge in [0.1, 0.15) is 0 Å². The lowest BCUT2D eigenvalue weighted by Crippen LogP contribution is -2.31. The van der Waals surface area contributed by atoms with Gasteiger partial charge < -0.3 is 4.90 Å². The monoisotopic (exact) mass is 399 g/mol. The van der Waals surface area contributed by atoms with Gasteiger partial charge in [0.05, 0.1) is 17.5 Å². The fourth-order valence-electron chi connectivity index (χ4n) is 3.44. The van der Waals surface area contributed by atoms with Crippen LogP contribution < -0.4 is 0 Å². The molecule has 0 radical (unpaired) electrons. The van der Waals surface area contributed by atoms with Gasteiger partial charge in [0, 0.05) is 11.4 Å². The quantitative estimate of drug-likeness (QED) is 0.611. The number of carbonyl (C=O) groups is 1. The zero-order valence-electron chi connectivity index (χ0n) is 15.3. The van der Waals surface area contributed by atoms with E-state index < -0.39 is 0 Å². The number of rotatable bonds is 5. The Bertz CT molecular complexity index is 937. The number of thiophene rings is 1. The van der Waals surface area contributed by atoms with E-state index >= 15 is 0 Å². The van der Waals surface area contributed by atoms with Crippen molar-refractivity contribution in [3.63, 3.8) is 0 Å². The van der Waals surface area contributed by atoms with Crippen molar-refractivity contribution in [2.45, 2.75) is 37.9 Å². The van der Waals surface area contributed by atoms with Gasteiger partial charge in [0.25, 0.3) is 0 Å². The summed E-state index contributed by atoms with van der Waals surface area (Å²) in [4.78, 5) is 16.1. The predicted octanol–water partition coefficient (Wildman–Crippen LogP) is 3.80. The zero-order valence-corrected chi connectivity index (χ0v) is 17.0. The van der Waals surface area contributed by atoms with E-state index in [-0.39, 0.29) is 11.9 Å². The summed E-state index contributed by atoms with van der Waals surface area (Å²) < 4.78 is 1.72. The van der Waals surface area contributed by atoms with Crippen LogP contribution in [0.25, 0.3) is 5.69 Å². The van der Waals surface area contributed by atoms with Crippen molar-refractivity contribution in [3.8, 4) is 5.69 Å². The Kier molecular flexibility index (Phi) is 5.27. The van der Waals surface area contributed by atoms with Gasteiger partial charge in [-0.05, 0) is 65.8 Å². The molecule has 2 aromatic heterocycles. The Morgan fingerprint density at radius 2 is 2.19 bits per heavy atom. The summed E-state index contributed by atoms with van der Waals surface area (Å²) in [5, 5.41) is 14.8. The first kappa shape index (κ1) is 18.2. The van der Waals surface area contributed by atoms with Crippen molar-refractivity contribution in [2.75, 3.05) is 12.3 Å². The number of amides is 1. The van der Waals surface area contributed by atoms with Crippen LogP contribution in [0.2, 0.25) is 0 Å². The van der Waals surface area contributed by atoms with Gasteiger partial charge in [-0.2, -0.15) is 4.68 Å². The van der Waals surface area contributed by atoms with Crippen molar-refractivity contribution < 1.29 is 4.79 Å². The van der Waals surface area contributed by atoms with Crippen LogP contribution in [0.1, 0.15) is 34.9 Å². The van der Waals surface area contributed by atoms with E-state index in [1.165, 1.54) is 22.2 Å². The molecule has 1 aliphatic rings. The van der Waals surface area contributed by atoms with Crippen molar-refractivity contribution in [1.29, 1.82) is 0 Å². The topological polar surface area (TPSA) is 63.9 Å². The maximum absolute atomic E-state index is 12.8. The van der Waals surface area contributed by atoms with Crippen LogP contribution in [0.4, 0.5) is 0 Å². The maximum atomic E-state index is 12.8. The van der Waals surface area contributed by atoms with Crippen molar-refractivity contribution in [2.24, 2.45) is 0 Å². The van der Waals surface area contributed by atoms with Gasteiger partial charge in [-0.25, -0.2) is 0 Å². The first-order chi connectivity index (χ1) is 13.1. The normalized spacial score (nSPS) is 16.8. The average Bonchev–Trinajstić information content (AvgIpc) is 3.42. The minimum absolute atomic E-state index is 0.145. The summed E-state index contributed by atoms with van der Waals surface area (Å²) in [5.74, 6) is 0.485. The molecule has 1 amide bonds. The summed E-state index contributed by atoms with van der Waals surface area (Å²) in [5.41, 5.74) is 3.27. The van der Waals surface area contributed by atoms with Crippen LogP contribution in [0, 0.1) is 13.8 Å². The third-order valence-corrected chi connectivity index (χ3v) is 6.89. The number of hydrogen-bond donors (Lipinski definition) is 0. The minimum Gasteiger partial charge on any atom is -0.334 e. The highest BCUT2D eigenvalue weighted by Gasteiger charge is 2.30. The highest BCUT2D eigenvalue weighted by atomic mass is 32.2. The molecule has 3 heterocycles. The second kappa shape index (κ2) is 7.82. The molecule has 140 valence electrons. The third-order valence-electron chi connectivity index (χ3n) is 5.01. The van der Waals surface area contributed by atoms with Crippen LogP contribution in [-0.4, -0.2) is 43.3 Å². The number of aryl methyl sites for hydroxylation is 1. The molecule has 1 aliphatic heterocycles. The average molecular weight is 400 g/mol. The molecule has 6 nitrogen and oxygen atoms in total. The number of aromatic nitrogens is 4. The van der Waals surface area contributed by atoms with Crippen LogP contribution in [-0.2, 0) is 4.79 Å². The van der Waals surface area contributed by atoms with Crippen LogP contribution in [0.5, 0.6) is 0 Å². The Morgan fingerprint density at radius 1 is 1.30 bits per heavy atom. The fraction of sp³-hybridized carbons (Fsp3) is 0.368. The number of tetrazole rings is 1. The standard InChI is InChI=1S/C19H21N5OS2/c1-13-6-3-7-15(14(13)2)24-19(20-21-22-24)27-12-18(25)23-10-4-8-16(23)17-9-5-11-26-17/h3,5-7,9,11,16H,4,8,10,12H2,1-2H3. The summed E-state index contributed by atoms with van der Waals surface area (Å²) in [6, 6.07) is 10.4. The van der Waals surface area contributed by atoms with Crippen LogP contribution in [0.3, 0.4) is 0 Å². The maximum Gasteiger partial charge on any atom is 0.233 e. The molecule has 0 saturated carbocycles. The molecule has 0 aliphatic carbocycles. The van der Waals surface area contributed by atoms with Gasteiger partial charge in [0.15, 0.2) is 0 Å². The van der Waals surface area contributed by atoms with E-state index in [0.717, 1.165) is 30.6 Å². The minimum atomic E-state index is 0.145.